The quantitative estimate of drug-likeness (QED) is 0.589. The summed E-state index contributed by atoms with van der Waals surface area (Å²) in [7, 11) is 1.85. The molecule has 6 heteroatoms. The van der Waals surface area contributed by atoms with Gasteiger partial charge in [-0.25, -0.2) is 0 Å². The third kappa shape index (κ3) is 5.34. The number of morpholine rings is 1. The van der Waals surface area contributed by atoms with E-state index < -0.39 is 0 Å². The Hall–Kier alpha value is -0.460. The number of hydrogen-bond acceptors (Lipinski definition) is 4. The number of ether oxygens (including phenoxy) is 1. The van der Waals surface area contributed by atoms with Crippen LogP contribution in [0.4, 0.5) is 0 Å². The van der Waals surface area contributed by atoms with E-state index >= 15 is 0 Å². The van der Waals surface area contributed by atoms with Gasteiger partial charge in [0, 0.05) is 44.0 Å². The molecule has 0 amide bonds. The number of rotatable bonds is 5. The van der Waals surface area contributed by atoms with Gasteiger partial charge in [0.05, 0.1) is 13.2 Å². The van der Waals surface area contributed by atoms with Crippen molar-refractivity contribution in [2.45, 2.75) is 37.5 Å². The molecule has 21 heavy (non-hydrogen) atoms. The number of nitrogens with zero attached hydrogens (tertiary/aromatic N) is 2. The molecule has 0 aromatic rings. The van der Waals surface area contributed by atoms with E-state index in [0.717, 1.165) is 50.6 Å². The lowest BCUT2D eigenvalue weighted by Gasteiger charge is -2.41. The van der Waals surface area contributed by atoms with Crippen LogP contribution < -0.4 is 10.6 Å². The highest BCUT2D eigenvalue weighted by molar-refractivity contribution is 8.00. The van der Waals surface area contributed by atoms with Crippen molar-refractivity contribution in [2.75, 3.05) is 52.2 Å². The van der Waals surface area contributed by atoms with E-state index in [9.17, 15) is 0 Å². The molecule has 0 spiro atoms. The minimum atomic E-state index is 0.115. The minimum Gasteiger partial charge on any atom is -0.379 e. The molecule has 0 saturated carbocycles. The number of thioether (sulfide) groups is 1. The van der Waals surface area contributed by atoms with E-state index in [1.165, 1.54) is 18.6 Å². The highest BCUT2D eigenvalue weighted by atomic mass is 32.2. The van der Waals surface area contributed by atoms with E-state index in [4.69, 9.17) is 4.74 Å². The maximum Gasteiger partial charge on any atom is 0.191 e. The van der Waals surface area contributed by atoms with Crippen LogP contribution in [0.3, 0.4) is 0 Å². The smallest absolute Gasteiger partial charge is 0.191 e. The van der Waals surface area contributed by atoms with Crippen LogP contribution in [0.2, 0.25) is 0 Å². The largest absolute Gasteiger partial charge is 0.379 e. The first-order valence-corrected chi connectivity index (χ1v) is 9.05. The topological polar surface area (TPSA) is 48.9 Å². The third-order valence-corrected chi connectivity index (χ3v) is 5.70. The van der Waals surface area contributed by atoms with Gasteiger partial charge >= 0.3 is 0 Å². The van der Waals surface area contributed by atoms with Gasteiger partial charge in [-0.1, -0.05) is 0 Å². The van der Waals surface area contributed by atoms with Gasteiger partial charge in [0.2, 0.25) is 0 Å². The number of aliphatic imine (C=N–C) groups is 1. The van der Waals surface area contributed by atoms with Crippen LogP contribution in [-0.4, -0.2) is 73.8 Å². The maximum absolute atomic E-state index is 5.44. The van der Waals surface area contributed by atoms with Crippen LogP contribution in [0.25, 0.3) is 0 Å². The van der Waals surface area contributed by atoms with E-state index in [-0.39, 0.29) is 5.54 Å². The van der Waals surface area contributed by atoms with Crippen LogP contribution in [0.5, 0.6) is 0 Å². The van der Waals surface area contributed by atoms with Gasteiger partial charge in [-0.2, -0.15) is 11.8 Å². The summed E-state index contributed by atoms with van der Waals surface area (Å²) in [6.07, 6.45) is 2.68. The first-order chi connectivity index (χ1) is 10.1. The zero-order valence-electron chi connectivity index (χ0n) is 13.7. The average molecular weight is 314 g/mol. The number of guanidine groups is 1. The predicted octanol–water partition coefficient (Wildman–Crippen LogP) is 1.16. The molecular formula is C15H30N4OS. The highest BCUT2D eigenvalue weighted by Gasteiger charge is 2.28. The first-order valence-electron chi connectivity index (χ1n) is 8.01. The van der Waals surface area contributed by atoms with E-state index in [1.807, 2.05) is 7.05 Å². The lowest BCUT2D eigenvalue weighted by molar-refractivity contribution is -0.00833. The van der Waals surface area contributed by atoms with Crippen LogP contribution in [0.1, 0.15) is 26.7 Å². The van der Waals surface area contributed by atoms with Gasteiger partial charge in [0.1, 0.15) is 0 Å². The Bertz CT molecular complexity index is 337. The molecule has 1 atom stereocenters. The monoisotopic (exact) mass is 314 g/mol. The molecule has 5 nitrogen and oxygen atoms in total. The fourth-order valence-electron chi connectivity index (χ4n) is 2.82. The summed E-state index contributed by atoms with van der Waals surface area (Å²) in [6.45, 7) is 10.2. The fraction of sp³-hybridized carbons (Fsp3) is 0.933. The Morgan fingerprint density at radius 1 is 1.33 bits per heavy atom. The molecule has 1 unspecified atom stereocenters. The van der Waals surface area contributed by atoms with Crippen molar-refractivity contribution in [1.29, 1.82) is 0 Å². The SMILES string of the molecule is CN=C(NCC1CCCS1)NCC(C)(C)N1CCOCC1. The number of hydrogen-bond donors (Lipinski definition) is 2. The van der Waals surface area contributed by atoms with Crippen LogP contribution in [0, 0.1) is 0 Å². The summed E-state index contributed by atoms with van der Waals surface area (Å²) in [5.41, 5.74) is 0.115. The summed E-state index contributed by atoms with van der Waals surface area (Å²) in [5.74, 6) is 2.23. The zero-order chi connectivity index (χ0) is 15.1. The molecule has 0 aliphatic carbocycles. The molecule has 0 aromatic heterocycles. The second kappa shape index (κ2) is 8.25. The first kappa shape index (κ1) is 16.9. The lowest BCUT2D eigenvalue weighted by Crippen LogP contribution is -2.56. The molecule has 0 bridgehead atoms. The standard InChI is InChI=1S/C15H30N4OS/c1-15(2,19-6-8-20-9-7-19)12-18-14(16-3)17-11-13-5-4-10-21-13/h13H,4-12H2,1-3H3,(H2,16,17,18). The van der Waals surface area contributed by atoms with Crippen molar-refractivity contribution in [2.24, 2.45) is 4.99 Å². The Morgan fingerprint density at radius 3 is 2.71 bits per heavy atom. The molecule has 2 rings (SSSR count). The van der Waals surface area contributed by atoms with Gasteiger partial charge in [-0.15, -0.1) is 0 Å². The molecule has 2 heterocycles. The molecule has 2 fully saturated rings. The van der Waals surface area contributed by atoms with Crippen molar-refractivity contribution < 1.29 is 4.74 Å². The molecular weight excluding hydrogens is 284 g/mol. The Kier molecular flexibility index (Phi) is 6.64. The second-order valence-electron chi connectivity index (χ2n) is 6.35. The third-order valence-electron chi connectivity index (χ3n) is 4.30. The van der Waals surface area contributed by atoms with E-state index in [0.29, 0.717) is 0 Å². The summed E-state index contributed by atoms with van der Waals surface area (Å²) < 4.78 is 5.44. The predicted molar refractivity (Wildman–Crippen MR) is 91.3 cm³/mol. The summed E-state index contributed by atoms with van der Waals surface area (Å²) >= 11 is 2.07. The zero-order valence-corrected chi connectivity index (χ0v) is 14.5. The van der Waals surface area contributed by atoms with Crippen molar-refractivity contribution in [1.82, 2.24) is 15.5 Å². The highest BCUT2D eigenvalue weighted by Crippen LogP contribution is 2.25. The van der Waals surface area contributed by atoms with Gasteiger partial charge in [-0.05, 0) is 32.4 Å². The van der Waals surface area contributed by atoms with E-state index in [2.05, 4.69) is 46.1 Å². The molecule has 0 radical (unpaired) electrons. The molecule has 122 valence electrons. The van der Waals surface area contributed by atoms with Gasteiger partial charge < -0.3 is 15.4 Å². The second-order valence-corrected chi connectivity index (χ2v) is 7.76. The summed E-state index contributed by atoms with van der Waals surface area (Å²) in [6, 6.07) is 0. The van der Waals surface area contributed by atoms with Crippen LogP contribution >= 0.6 is 11.8 Å². The molecule has 2 N–H and O–H groups in total. The lowest BCUT2D eigenvalue weighted by atomic mass is 10.0. The normalized spacial score (nSPS) is 25.1. The molecule has 2 saturated heterocycles. The summed E-state index contributed by atoms with van der Waals surface area (Å²) in [5, 5.41) is 7.69. The van der Waals surface area contributed by atoms with Crippen molar-refractivity contribution in [3.63, 3.8) is 0 Å². The molecule has 0 aromatic carbocycles. The molecule has 2 aliphatic rings. The Labute approximate surface area is 133 Å². The van der Waals surface area contributed by atoms with Crippen molar-refractivity contribution in [3.8, 4) is 0 Å². The average Bonchev–Trinajstić information content (AvgIpc) is 3.02. The van der Waals surface area contributed by atoms with Crippen molar-refractivity contribution >= 4 is 17.7 Å². The Balaban J connectivity index is 1.73. The minimum absolute atomic E-state index is 0.115. The maximum atomic E-state index is 5.44. The van der Waals surface area contributed by atoms with Gasteiger partial charge in [0.25, 0.3) is 0 Å². The molecule has 2 aliphatic heterocycles. The van der Waals surface area contributed by atoms with E-state index in [1.54, 1.807) is 0 Å². The van der Waals surface area contributed by atoms with Gasteiger partial charge in [0.15, 0.2) is 5.96 Å². The Morgan fingerprint density at radius 2 is 2.10 bits per heavy atom. The fourth-order valence-corrected chi connectivity index (χ4v) is 4.02. The van der Waals surface area contributed by atoms with Gasteiger partial charge in [-0.3, -0.25) is 9.89 Å². The van der Waals surface area contributed by atoms with Crippen molar-refractivity contribution in [3.05, 3.63) is 0 Å². The van der Waals surface area contributed by atoms with Crippen LogP contribution in [-0.2, 0) is 4.74 Å². The number of nitrogens with one attached hydrogen (secondary N) is 2. The van der Waals surface area contributed by atoms with Crippen LogP contribution in [0.15, 0.2) is 4.99 Å². The summed E-state index contributed by atoms with van der Waals surface area (Å²) in [4.78, 5) is 6.83.